The molecule has 0 aromatic carbocycles. The van der Waals surface area contributed by atoms with Gasteiger partial charge in [0.15, 0.2) is 0 Å². The van der Waals surface area contributed by atoms with E-state index in [0.29, 0.717) is 29.6 Å². The molecule has 5 heteroatoms. The number of carbonyl (C=O) groups excluding carboxylic acids is 1. The van der Waals surface area contributed by atoms with Crippen LogP contribution in [0.15, 0.2) is 35.7 Å². The fourth-order valence-electron chi connectivity index (χ4n) is 8.31. The maximum absolute atomic E-state index is 12.7. The van der Waals surface area contributed by atoms with Crippen LogP contribution in [0.4, 0.5) is 5.69 Å². The number of anilines is 1. The Morgan fingerprint density at radius 3 is 2.83 bits per heavy atom. The van der Waals surface area contributed by atoms with Crippen molar-refractivity contribution in [1.29, 1.82) is 0 Å². The van der Waals surface area contributed by atoms with Crippen LogP contribution < -0.4 is 5.32 Å². The van der Waals surface area contributed by atoms with Gasteiger partial charge < -0.3 is 15.0 Å². The Balaban J connectivity index is 1.22. The molecule has 0 radical (unpaired) electrons. The number of aromatic nitrogens is 2. The topological polar surface area (TPSA) is 67.2 Å². The number of aliphatic hydroxyl groups is 1. The van der Waals surface area contributed by atoms with Crippen LogP contribution in [0.1, 0.15) is 85.5 Å². The first-order valence-electron chi connectivity index (χ1n) is 13.7. The van der Waals surface area contributed by atoms with Crippen LogP contribution in [0.3, 0.4) is 0 Å². The van der Waals surface area contributed by atoms with E-state index in [1.54, 1.807) is 17.3 Å². The van der Waals surface area contributed by atoms with E-state index in [9.17, 15) is 9.90 Å². The summed E-state index contributed by atoms with van der Waals surface area (Å²) in [4.78, 5) is 17.2. The third-order valence-electron chi connectivity index (χ3n) is 10.3. The van der Waals surface area contributed by atoms with Gasteiger partial charge >= 0.3 is 0 Å². The number of allylic oxidation sites excluding steroid dienone is 2. The minimum absolute atomic E-state index is 0.00402. The molecule has 5 rings (SSSR count). The van der Waals surface area contributed by atoms with Gasteiger partial charge in [-0.2, -0.15) is 0 Å². The Hall–Kier alpha value is -2.14. The number of hydrogen-bond acceptors (Lipinski definition) is 3. The summed E-state index contributed by atoms with van der Waals surface area (Å²) in [6.45, 7) is 9.46. The molecule has 0 aliphatic heterocycles. The van der Waals surface area contributed by atoms with Gasteiger partial charge in [0, 0.05) is 25.1 Å². The number of nitrogens with one attached hydrogen (secondary N) is 1. The second-order valence-electron chi connectivity index (χ2n) is 12.5. The number of carbonyl (C=O) groups is 1. The number of aliphatic hydroxyl groups excluding tert-OH is 1. The van der Waals surface area contributed by atoms with Gasteiger partial charge in [-0.25, -0.2) is 4.98 Å². The molecule has 5 nitrogen and oxygen atoms in total. The molecule has 3 aliphatic rings. The van der Waals surface area contributed by atoms with E-state index in [0.717, 1.165) is 42.4 Å². The molecular formula is C30H43N3O2. The molecule has 2 heterocycles. The van der Waals surface area contributed by atoms with Gasteiger partial charge in [0.25, 0.3) is 0 Å². The van der Waals surface area contributed by atoms with Crippen molar-refractivity contribution in [3.8, 4) is 0 Å². The molecule has 2 saturated carbocycles. The molecule has 35 heavy (non-hydrogen) atoms. The van der Waals surface area contributed by atoms with Crippen LogP contribution in [0, 0.1) is 28.6 Å². The summed E-state index contributed by atoms with van der Waals surface area (Å²) in [5.41, 5.74) is 5.24. The number of rotatable bonds is 5. The normalized spacial score (nSPS) is 32.3. The highest BCUT2D eigenvalue weighted by atomic mass is 16.3. The lowest BCUT2D eigenvalue weighted by molar-refractivity contribution is -0.149. The zero-order valence-electron chi connectivity index (χ0n) is 22.2. The zero-order chi connectivity index (χ0) is 25.0. The summed E-state index contributed by atoms with van der Waals surface area (Å²) in [7, 11) is 1.98. The third-order valence-corrected chi connectivity index (χ3v) is 10.3. The van der Waals surface area contributed by atoms with Crippen molar-refractivity contribution in [1.82, 2.24) is 9.55 Å². The molecule has 190 valence electrons. The Labute approximate surface area is 210 Å². The Bertz CT molecular complexity index is 1150. The van der Waals surface area contributed by atoms with Crippen LogP contribution in [0.25, 0.3) is 11.0 Å². The molecule has 0 unspecified atom stereocenters. The van der Waals surface area contributed by atoms with Crippen LogP contribution in [-0.4, -0.2) is 26.7 Å². The molecule has 0 spiro atoms. The van der Waals surface area contributed by atoms with Gasteiger partial charge in [0.1, 0.15) is 5.65 Å². The summed E-state index contributed by atoms with van der Waals surface area (Å²) >= 11 is 0. The summed E-state index contributed by atoms with van der Waals surface area (Å²) in [6, 6.07) is 4.02. The van der Waals surface area contributed by atoms with Gasteiger partial charge in [-0.05, 0) is 99.0 Å². The number of pyridine rings is 1. The van der Waals surface area contributed by atoms with Crippen LogP contribution >= 0.6 is 0 Å². The molecule has 2 aromatic rings. The average molecular weight is 478 g/mol. The minimum Gasteiger partial charge on any atom is -0.393 e. The second kappa shape index (κ2) is 9.06. The van der Waals surface area contributed by atoms with Crippen LogP contribution in [0.5, 0.6) is 0 Å². The Kier molecular flexibility index (Phi) is 6.36. The van der Waals surface area contributed by atoms with Crippen molar-refractivity contribution < 1.29 is 9.90 Å². The highest BCUT2D eigenvalue weighted by Crippen LogP contribution is 2.64. The van der Waals surface area contributed by atoms with E-state index in [-0.39, 0.29) is 17.4 Å². The molecule has 2 fully saturated rings. The van der Waals surface area contributed by atoms with Gasteiger partial charge in [-0.15, -0.1) is 0 Å². The van der Waals surface area contributed by atoms with Gasteiger partial charge in [0.05, 0.1) is 18.0 Å². The fraction of sp³-hybridized carbons (Fsp3) is 0.667. The first-order chi connectivity index (χ1) is 16.6. The Morgan fingerprint density at radius 2 is 2.03 bits per heavy atom. The van der Waals surface area contributed by atoms with Crippen molar-refractivity contribution in [2.75, 3.05) is 5.32 Å². The van der Waals surface area contributed by atoms with Gasteiger partial charge in [-0.3, -0.25) is 4.79 Å². The van der Waals surface area contributed by atoms with Crippen molar-refractivity contribution in [3.05, 3.63) is 35.7 Å². The van der Waals surface area contributed by atoms with Gasteiger partial charge in [0.2, 0.25) is 5.91 Å². The smallest absolute Gasteiger partial charge is 0.224 e. The summed E-state index contributed by atoms with van der Waals surface area (Å²) in [5.74, 6) is 2.04. The monoisotopic (exact) mass is 477 g/mol. The molecule has 0 saturated heterocycles. The van der Waals surface area contributed by atoms with E-state index >= 15 is 0 Å². The van der Waals surface area contributed by atoms with E-state index in [4.69, 9.17) is 0 Å². The summed E-state index contributed by atoms with van der Waals surface area (Å²) < 4.78 is 1.98. The molecule has 3 aliphatic carbocycles. The Morgan fingerprint density at radius 1 is 1.23 bits per heavy atom. The lowest BCUT2D eigenvalue weighted by Gasteiger charge is -2.62. The molecular weight excluding hydrogens is 434 g/mol. The fourth-order valence-corrected chi connectivity index (χ4v) is 8.31. The van der Waals surface area contributed by atoms with Crippen molar-refractivity contribution in [2.24, 2.45) is 35.6 Å². The zero-order valence-corrected chi connectivity index (χ0v) is 22.2. The predicted molar refractivity (Wildman–Crippen MR) is 142 cm³/mol. The molecule has 5 atom stereocenters. The first-order valence-corrected chi connectivity index (χ1v) is 13.7. The van der Waals surface area contributed by atoms with Crippen LogP contribution in [0.2, 0.25) is 0 Å². The van der Waals surface area contributed by atoms with E-state index in [2.05, 4.69) is 38.0 Å². The quantitative estimate of drug-likeness (QED) is 0.475. The number of hydrogen-bond donors (Lipinski definition) is 2. The number of nitrogens with zero attached hydrogens (tertiary/aromatic N) is 2. The lowest BCUT2D eigenvalue weighted by atomic mass is 9.43. The minimum atomic E-state index is -0.172. The summed E-state index contributed by atoms with van der Waals surface area (Å²) in [5, 5.41) is 14.9. The number of amides is 1. The molecule has 1 amide bonds. The van der Waals surface area contributed by atoms with E-state index in [1.165, 1.54) is 25.7 Å². The van der Waals surface area contributed by atoms with Crippen molar-refractivity contribution >= 4 is 22.6 Å². The molecule has 2 aromatic heterocycles. The lowest BCUT2D eigenvalue weighted by Crippen LogP contribution is -2.56. The van der Waals surface area contributed by atoms with Gasteiger partial charge in [-0.1, -0.05) is 31.9 Å². The van der Waals surface area contributed by atoms with Crippen molar-refractivity contribution in [2.45, 2.75) is 91.6 Å². The third kappa shape index (κ3) is 4.24. The number of aryl methyl sites for hydroxylation is 1. The molecule has 0 bridgehead atoms. The number of fused-ring (bicyclic) bond motifs is 4. The second-order valence-corrected chi connectivity index (χ2v) is 12.5. The van der Waals surface area contributed by atoms with E-state index in [1.807, 2.05) is 29.9 Å². The average Bonchev–Trinajstić information content (AvgIpc) is 3.18. The maximum atomic E-state index is 12.7. The SMILES string of the molecule is CC1=C(CCCC(=O)Nc2cnc3c(ccn3C)c2)[C@@H]2CC[C@H]3C(C)(C)[C@@H](O)CC[C@]3(C)[C@H]2CC1. The van der Waals surface area contributed by atoms with E-state index < -0.39 is 0 Å². The molecule has 2 N–H and O–H groups in total. The highest BCUT2D eigenvalue weighted by Gasteiger charge is 2.58. The standard InChI is InChI=1S/C30H43N3O2/c1-19-9-11-24-23(10-12-25-29(2,3)26(34)13-15-30(24,25)4)22(19)7-6-8-27(35)32-21-17-20-14-16-33(5)28(20)31-18-21/h14,16-18,23-26,34H,6-13,15H2,1-5H3,(H,32,35)/t23-,24-,25-,26-,30+/m0/s1. The van der Waals surface area contributed by atoms with Crippen molar-refractivity contribution in [3.63, 3.8) is 0 Å². The first kappa shape index (κ1) is 24.5. The highest BCUT2D eigenvalue weighted by molar-refractivity contribution is 5.92. The maximum Gasteiger partial charge on any atom is 0.224 e. The largest absolute Gasteiger partial charge is 0.393 e. The van der Waals surface area contributed by atoms with Crippen LogP contribution in [-0.2, 0) is 11.8 Å². The summed E-state index contributed by atoms with van der Waals surface area (Å²) in [6.07, 6.45) is 13.1. The predicted octanol–water partition coefficient (Wildman–Crippen LogP) is 6.62.